The van der Waals surface area contributed by atoms with Gasteiger partial charge in [-0.1, -0.05) is 62.7 Å². The second-order valence-electron chi connectivity index (χ2n) is 15.3. The molecule has 0 aromatic heterocycles. The third-order valence-electron chi connectivity index (χ3n) is 10.6. The minimum atomic E-state index is -1.19. The molecule has 0 radical (unpaired) electrons. The Labute approximate surface area is 353 Å². The molecule has 7 N–H and O–H groups in total. The highest BCUT2D eigenvalue weighted by Gasteiger charge is 2.36. The minimum absolute atomic E-state index is 0.0208. The molecule has 4 atom stereocenters. The molecule has 4 bridgehead atoms. The first kappa shape index (κ1) is 47.0. The number of nitrogens with one attached hydrogen (secondary N) is 1. The molecule has 0 spiro atoms. The van der Waals surface area contributed by atoms with Crippen LogP contribution in [0.25, 0.3) is 17.2 Å². The van der Waals surface area contributed by atoms with Crippen LogP contribution in [-0.2, 0) is 36.8 Å². The molecule has 1 heterocycles. The number of Topliss-reactive ketones (excluding diaryl/α,β-unsaturated/α-hetero) is 2. The van der Waals surface area contributed by atoms with E-state index >= 15 is 0 Å². The smallest absolute Gasteiger partial charge is 0.226 e. The van der Waals surface area contributed by atoms with Gasteiger partial charge in [0.2, 0.25) is 11.8 Å². The summed E-state index contributed by atoms with van der Waals surface area (Å²) in [7, 11) is 1.52. The topological polar surface area (TPSA) is 221 Å². The largest absolute Gasteiger partial charge is 0.492 e. The Bertz CT molecular complexity index is 2020. The number of nitrogens with zero attached hydrogens (tertiary/aromatic N) is 2. The number of nitriles is 1. The molecule has 0 saturated heterocycles. The Hall–Kier alpha value is -5.68. The Morgan fingerprint density at radius 3 is 2.23 bits per heavy atom. The third kappa shape index (κ3) is 13.2. The molecule has 60 heavy (non-hydrogen) atoms. The highest BCUT2D eigenvalue weighted by molar-refractivity contribution is 5.98. The molecular formula is C47H60N6O7. The zero-order valence-electron chi connectivity index (χ0n) is 35.1. The molecule has 0 aliphatic carbocycles. The van der Waals surface area contributed by atoms with E-state index in [9.17, 15) is 29.2 Å². The summed E-state index contributed by atoms with van der Waals surface area (Å²) in [4.78, 5) is 70.9. The Morgan fingerprint density at radius 2 is 1.60 bits per heavy atom. The lowest BCUT2D eigenvalue weighted by Gasteiger charge is -2.32. The van der Waals surface area contributed by atoms with E-state index in [-0.39, 0.29) is 82.9 Å². The predicted molar refractivity (Wildman–Crippen MR) is 232 cm³/mol. The summed E-state index contributed by atoms with van der Waals surface area (Å²) < 4.78 is 12.2. The first-order valence-electron chi connectivity index (χ1n) is 20.9. The minimum Gasteiger partial charge on any atom is -0.492 e. The standard InChI is InChI=1S/C47H60N6O7/c1-4-5-7-32-9-11-33(12-10-32)13-16-37(54)29-36(19-21-49)47(58)53(3)45-35-15-18-44(60-25-23-51)39(30-35)38-27-34(14-17-43(38)59-24-22-50)28-40(41(55)8-6-20-48)52-46(57)31(2)26-42(45)56/h9-18,27,30-31,36,40,45H,4-8,19,21-26,28-29,49-51H2,1-3H3,(H,52,57)/b16-13+/t31-,36-,40+,45+/m1/s1. The zero-order chi connectivity index (χ0) is 43.6. The van der Waals surface area contributed by atoms with Gasteiger partial charge in [0.05, 0.1) is 12.1 Å². The molecule has 13 nitrogen and oxygen atoms in total. The summed E-state index contributed by atoms with van der Waals surface area (Å²) >= 11 is 0. The van der Waals surface area contributed by atoms with E-state index in [1.165, 1.54) is 23.6 Å². The summed E-state index contributed by atoms with van der Waals surface area (Å²) in [5, 5.41) is 12.0. The van der Waals surface area contributed by atoms with Gasteiger partial charge in [-0.25, -0.2) is 0 Å². The lowest BCUT2D eigenvalue weighted by atomic mass is 9.88. The van der Waals surface area contributed by atoms with Crippen molar-refractivity contribution in [3.05, 3.63) is 89.0 Å². The van der Waals surface area contributed by atoms with E-state index in [2.05, 4.69) is 12.2 Å². The Kier molecular flexibility index (Phi) is 18.6. The maximum atomic E-state index is 14.6. The number of fused-ring (bicyclic) bond motifs is 5. The molecule has 0 saturated carbocycles. The lowest BCUT2D eigenvalue weighted by molar-refractivity contribution is -0.143. The van der Waals surface area contributed by atoms with Crippen LogP contribution in [0.2, 0.25) is 0 Å². The van der Waals surface area contributed by atoms with E-state index in [1.54, 1.807) is 43.3 Å². The van der Waals surface area contributed by atoms with Crippen molar-refractivity contribution in [1.82, 2.24) is 10.2 Å². The van der Waals surface area contributed by atoms with Gasteiger partial charge in [0.15, 0.2) is 17.3 Å². The van der Waals surface area contributed by atoms with Gasteiger partial charge >= 0.3 is 0 Å². The number of amides is 2. The second-order valence-corrected chi connectivity index (χ2v) is 15.3. The van der Waals surface area contributed by atoms with Crippen LogP contribution in [0.1, 0.15) is 87.1 Å². The van der Waals surface area contributed by atoms with Gasteiger partial charge in [-0.05, 0) is 84.8 Å². The quantitative estimate of drug-likeness (QED) is 0.111. The Balaban J connectivity index is 1.79. The van der Waals surface area contributed by atoms with Gasteiger partial charge in [-0.2, -0.15) is 5.26 Å². The van der Waals surface area contributed by atoms with Crippen LogP contribution in [0.15, 0.2) is 66.7 Å². The van der Waals surface area contributed by atoms with Crippen LogP contribution < -0.4 is 32.0 Å². The molecule has 0 unspecified atom stereocenters. The Morgan fingerprint density at radius 1 is 0.933 bits per heavy atom. The van der Waals surface area contributed by atoms with Crippen molar-refractivity contribution in [2.45, 2.75) is 83.7 Å². The number of hydrogen-bond donors (Lipinski definition) is 4. The van der Waals surface area contributed by atoms with Crippen LogP contribution in [0.5, 0.6) is 11.5 Å². The van der Waals surface area contributed by atoms with Crippen LogP contribution >= 0.6 is 0 Å². The number of ketones is 3. The van der Waals surface area contributed by atoms with Crippen molar-refractivity contribution >= 4 is 35.2 Å². The van der Waals surface area contributed by atoms with Crippen LogP contribution in [-0.4, -0.2) is 80.0 Å². The normalized spacial score (nSPS) is 17.2. The summed E-state index contributed by atoms with van der Waals surface area (Å²) in [5.41, 5.74) is 22.0. The summed E-state index contributed by atoms with van der Waals surface area (Å²) in [6, 6.07) is 18.4. The first-order valence-corrected chi connectivity index (χ1v) is 20.9. The van der Waals surface area contributed by atoms with Crippen molar-refractivity contribution in [2.75, 3.05) is 39.9 Å². The fourth-order valence-corrected chi connectivity index (χ4v) is 7.32. The van der Waals surface area contributed by atoms with Gasteiger partial charge < -0.3 is 36.9 Å². The van der Waals surface area contributed by atoms with E-state index in [0.717, 1.165) is 24.8 Å². The number of nitrogens with two attached hydrogens (primary N) is 3. The molecule has 320 valence electrons. The summed E-state index contributed by atoms with van der Waals surface area (Å²) in [6.45, 7) is 4.69. The van der Waals surface area contributed by atoms with Gasteiger partial charge in [0, 0.05) is 68.8 Å². The van der Waals surface area contributed by atoms with Crippen molar-refractivity contribution in [3.63, 3.8) is 0 Å². The van der Waals surface area contributed by atoms with Crippen molar-refractivity contribution < 1.29 is 33.4 Å². The van der Waals surface area contributed by atoms with Crippen LogP contribution in [0.3, 0.4) is 0 Å². The lowest BCUT2D eigenvalue weighted by Crippen LogP contribution is -2.45. The number of unbranched alkanes of at least 4 members (excludes halogenated alkanes) is 1. The zero-order valence-corrected chi connectivity index (χ0v) is 35.1. The molecule has 2 amide bonds. The summed E-state index contributed by atoms with van der Waals surface area (Å²) in [6.07, 6.45) is 6.20. The van der Waals surface area contributed by atoms with Crippen molar-refractivity contribution in [1.29, 1.82) is 5.26 Å². The van der Waals surface area contributed by atoms with E-state index < -0.39 is 41.5 Å². The molecule has 1 aliphatic rings. The molecule has 13 heteroatoms. The number of ether oxygens (including phenoxy) is 2. The van der Waals surface area contributed by atoms with E-state index in [0.29, 0.717) is 33.8 Å². The van der Waals surface area contributed by atoms with E-state index in [1.807, 2.05) is 36.4 Å². The van der Waals surface area contributed by atoms with E-state index in [4.69, 9.17) is 26.7 Å². The van der Waals surface area contributed by atoms with Crippen LogP contribution in [0, 0.1) is 23.2 Å². The SMILES string of the molecule is CCCCc1ccc(/C=C/C(=O)C[C@@H](CCN)C(=O)N(C)[C@@H]2C(=O)C[C@@H](C)C(=O)N[C@H](C(=O)CCC#N)Cc3ccc(OCCN)c(c3)-c3cc2ccc3OCCN)cc1. The van der Waals surface area contributed by atoms with Crippen LogP contribution in [0.4, 0.5) is 0 Å². The number of likely N-dealkylation sites (N-methyl/N-ethyl adjacent to an activating group) is 1. The van der Waals surface area contributed by atoms with Gasteiger partial charge in [-0.3, -0.25) is 24.0 Å². The molecule has 0 fully saturated rings. The highest BCUT2D eigenvalue weighted by atomic mass is 16.5. The molecular weight excluding hydrogens is 761 g/mol. The van der Waals surface area contributed by atoms with Gasteiger partial charge in [0.25, 0.3) is 0 Å². The van der Waals surface area contributed by atoms with Gasteiger partial charge in [0.1, 0.15) is 30.8 Å². The van der Waals surface area contributed by atoms with Crippen molar-refractivity contribution in [2.24, 2.45) is 29.0 Å². The number of carbonyl (C=O) groups is 5. The number of hydrogen-bond acceptors (Lipinski definition) is 11. The molecule has 3 aromatic carbocycles. The maximum absolute atomic E-state index is 14.6. The number of rotatable bonds is 20. The fourth-order valence-electron chi connectivity index (χ4n) is 7.32. The maximum Gasteiger partial charge on any atom is 0.226 e. The average Bonchev–Trinajstić information content (AvgIpc) is 3.25. The number of allylic oxidation sites excluding steroid dienone is 1. The second kappa shape index (κ2) is 23.8. The number of benzene rings is 3. The highest BCUT2D eigenvalue weighted by Crippen LogP contribution is 2.41. The van der Waals surface area contributed by atoms with Gasteiger partial charge in [-0.15, -0.1) is 0 Å². The molecule has 1 aliphatic heterocycles. The number of carbonyl (C=O) groups excluding carboxylic acids is 5. The average molecular weight is 821 g/mol. The number of aryl methyl sites for hydroxylation is 1. The first-order chi connectivity index (χ1) is 28.9. The van der Waals surface area contributed by atoms with Crippen molar-refractivity contribution in [3.8, 4) is 28.7 Å². The third-order valence-corrected chi connectivity index (χ3v) is 10.6. The predicted octanol–water partition coefficient (Wildman–Crippen LogP) is 5.02. The monoisotopic (exact) mass is 820 g/mol. The molecule has 3 aromatic rings. The fraction of sp³-hybridized carbons (Fsp3) is 0.447. The molecule has 4 rings (SSSR count). The summed E-state index contributed by atoms with van der Waals surface area (Å²) in [5.74, 6) is -2.85.